The Kier molecular flexibility index (Phi) is 2.21. The first-order valence-electron chi connectivity index (χ1n) is 3.82. The predicted octanol–water partition coefficient (Wildman–Crippen LogP) is 3.79. The van der Waals surface area contributed by atoms with Gasteiger partial charge in [0.2, 0.25) is 0 Å². The number of hydrogen-bond acceptors (Lipinski definition) is 0. The summed E-state index contributed by atoms with van der Waals surface area (Å²) in [4.78, 5) is 2.33. The lowest BCUT2D eigenvalue weighted by atomic mass is 10.2. The molecular weight excluding hydrogens is 306 g/mol. The summed E-state index contributed by atoms with van der Waals surface area (Å²) in [6.07, 6.45) is -4.30. The molecule has 1 N–H and O–H groups in total. The van der Waals surface area contributed by atoms with E-state index in [9.17, 15) is 13.2 Å². The molecule has 74 valence electrons. The van der Waals surface area contributed by atoms with E-state index in [1.807, 2.05) is 0 Å². The maximum absolute atomic E-state index is 12.3. The van der Waals surface area contributed by atoms with E-state index in [-0.39, 0.29) is 0 Å². The molecule has 5 heteroatoms. The van der Waals surface area contributed by atoms with E-state index >= 15 is 0 Å². The fourth-order valence-electron chi connectivity index (χ4n) is 1.26. The van der Waals surface area contributed by atoms with E-state index in [0.29, 0.717) is 10.9 Å². The summed E-state index contributed by atoms with van der Waals surface area (Å²) in [6.45, 7) is 0. The minimum Gasteiger partial charge on any atom is -0.351 e. The van der Waals surface area contributed by atoms with Gasteiger partial charge in [-0.3, -0.25) is 0 Å². The van der Waals surface area contributed by atoms with Crippen LogP contribution in [0.15, 0.2) is 24.3 Å². The van der Waals surface area contributed by atoms with Crippen LogP contribution >= 0.6 is 22.6 Å². The number of alkyl halides is 3. The standard InChI is InChI=1S/C9H5F3IN/c10-9(11,12)8-4-5-3-6(13)1-2-7(5)14-8/h1-4,14H. The highest BCUT2D eigenvalue weighted by Gasteiger charge is 2.32. The van der Waals surface area contributed by atoms with Crippen molar-refractivity contribution in [2.24, 2.45) is 0 Å². The molecule has 1 nitrogen and oxygen atoms in total. The van der Waals surface area contributed by atoms with Gasteiger partial charge in [0.1, 0.15) is 5.69 Å². The van der Waals surface area contributed by atoms with Crippen LogP contribution in [-0.2, 0) is 6.18 Å². The molecule has 0 saturated carbocycles. The normalized spacial score (nSPS) is 12.3. The highest BCUT2D eigenvalue weighted by molar-refractivity contribution is 14.1. The lowest BCUT2D eigenvalue weighted by Crippen LogP contribution is -2.04. The first-order valence-corrected chi connectivity index (χ1v) is 4.90. The maximum atomic E-state index is 12.3. The topological polar surface area (TPSA) is 15.8 Å². The summed E-state index contributed by atoms with van der Waals surface area (Å²) in [5.74, 6) is 0. The van der Waals surface area contributed by atoms with Crippen LogP contribution in [0.4, 0.5) is 13.2 Å². The van der Waals surface area contributed by atoms with Crippen molar-refractivity contribution in [2.45, 2.75) is 6.18 Å². The monoisotopic (exact) mass is 311 g/mol. The Bertz CT molecular complexity index is 472. The number of aromatic amines is 1. The lowest BCUT2D eigenvalue weighted by Gasteiger charge is -2.00. The summed E-state index contributed by atoms with van der Waals surface area (Å²) in [5.41, 5.74) is -0.188. The Labute approximate surface area is 91.4 Å². The third kappa shape index (κ3) is 1.73. The minimum atomic E-state index is -4.30. The molecule has 0 atom stereocenters. The number of nitrogens with one attached hydrogen (secondary N) is 1. The average Bonchev–Trinajstić information content (AvgIpc) is 2.45. The van der Waals surface area contributed by atoms with Gasteiger partial charge in [0.15, 0.2) is 0 Å². The van der Waals surface area contributed by atoms with E-state index in [1.165, 1.54) is 0 Å². The molecule has 0 saturated heterocycles. The quantitative estimate of drug-likeness (QED) is 0.713. The molecule has 0 aliphatic heterocycles. The van der Waals surface area contributed by atoms with Crippen molar-refractivity contribution in [2.75, 3.05) is 0 Å². The largest absolute Gasteiger partial charge is 0.431 e. The first-order chi connectivity index (χ1) is 6.47. The molecule has 2 aromatic rings. The van der Waals surface area contributed by atoms with Crippen molar-refractivity contribution < 1.29 is 13.2 Å². The number of fused-ring (bicyclic) bond motifs is 1. The number of H-pyrrole nitrogens is 1. The molecule has 0 aliphatic carbocycles. The molecule has 0 spiro atoms. The Morgan fingerprint density at radius 3 is 2.50 bits per heavy atom. The van der Waals surface area contributed by atoms with Gasteiger partial charge in [0.05, 0.1) is 0 Å². The molecule has 1 heterocycles. The number of halogens is 4. The van der Waals surface area contributed by atoms with Crippen LogP contribution in [0.25, 0.3) is 10.9 Å². The number of benzene rings is 1. The number of hydrogen-bond donors (Lipinski definition) is 1. The molecule has 0 aliphatic rings. The van der Waals surface area contributed by atoms with Gasteiger partial charge in [-0.25, -0.2) is 0 Å². The van der Waals surface area contributed by atoms with Crippen molar-refractivity contribution >= 4 is 33.5 Å². The fraction of sp³-hybridized carbons (Fsp3) is 0.111. The maximum Gasteiger partial charge on any atom is 0.431 e. The molecule has 2 rings (SSSR count). The van der Waals surface area contributed by atoms with Crippen LogP contribution in [-0.4, -0.2) is 4.98 Å². The van der Waals surface area contributed by atoms with E-state index < -0.39 is 11.9 Å². The van der Waals surface area contributed by atoms with Crippen LogP contribution in [0.5, 0.6) is 0 Å². The third-order valence-electron chi connectivity index (χ3n) is 1.89. The summed E-state index contributed by atoms with van der Waals surface area (Å²) in [6, 6.07) is 6.24. The minimum absolute atomic E-state index is 0.512. The summed E-state index contributed by atoms with van der Waals surface area (Å²) >= 11 is 2.06. The highest BCUT2D eigenvalue weighted by atomic mass is 127. The van der Waals surface area contributed by atoms with Gasteiger partial charge in [-0.1, -0.05) is 0 Å². The van der Waals surface area contributed by atoms with Crippen molar-refractivity contribution in [3.05, 3.63) is 33.5 Å². The number of aromatic nitrogens is 1. The smallest absolute Gasteiger partial charge is 0.351 e. The Morgan fingerprint density at radius 1 is 1.14 bits per heavy atom. The number of rotatable bonds is 0. The van der Waals surface area contributed by atoms with Crippen molar-refractivity contribution in [3.63, 3.8) is 0 Å². The average molecular weight is 311 g/mol. The summed E-state index contributed by atoms with van der Waals surface area (Å²) in [5, 5.41) is 0.587. The predicted molar refractivity (Wildman–Crippen MR) is 56.0 cm³/mol. The molecule has 0 fully saturated rings. The van der Waals surface area contributed by atoms with Gasteiger partial charge in [-0.05, 0) is 46.9 Å². The van der Waals surface area contributed by atoms with Crippen LogP contribution < -0.4 is 0 Å². The molecule has 1 aromatic heterocycles. The lowest BCUT2D eigenvalue weighted by molar-refractivity contribution is -0.140. The molecule has 0 radical (unpaired) electrons. The molecule has 0 amide bonds. The van der Waals surface area contributed by atoms with Crippen molar-refractivity contribution in [1.82, 2.24) is 4.98 Å². The molecule has 14 heavy (non-hydrogen) atoms. The molecule has 0 unspecified atom stereocenters. The van der Waals surface area contributed by atoms with Crippen molar-refractivity contribution in [1.29, 1.82) is 0 Å². The van der Waals surface area contributed by atoms with Crippen LogP contribution in [0.3, 0.4) is 0 Å². The summed E-state index contributed by atoms with van der Waals surface area (Å²) < 4.78 is 37.8. The molecule has 0 bridgehead atoms. The highest BCUT2D eigenvalue weighted by Crippen LogP contribution is 2.31. The second-order valence-corrected chi connectivity index (χ2v) is 4.16. The molecular formula is C9H5F3IN. The van der Waals surface area contributed by atoms with Gasteiger partial charge in [-0.2, -0.15) is 13.2 Å². The fourth-order valence-corrected chi connectivity index (χ4v) is 1.77. The zero-order valence-electron chi connectivity index (χ0n) is 6.82. The van der Waals surface area contributed by atoms with E-state index in [0.717, 1.165) is 9.64 Å². The first kappa shape index (κ1) is 9.82. The Balaban J connectivity index is 2.63. The van der Waals surface area contributed by atoms with Gasteiger partial charge in [0.25, 0.3) is 0 Å². The van der Waals surface area contributed by atoms with E-state index in [1.54, 1.807) is 18.2 Å². The Morgan fingerprint density at radius 2 is 1.86 bits per heavy atom. The van der Waals surface area contributed by atoms with Gasteiger partial charge < -0.3 is 4.98 Å². The van der Waals surface area contributed by atoms with E-state index in [4.69, 9.17) is 0 Å². The van der Waals surface area contributed by atoms with E-state index in [2.05, 4.69) is 27.6 Å². The van der Waals surface area contributed by atoms with Crippen LogP contribution in [0, 0.1) is 3.57 Å². The third-order valence-corrected chi connectivity index (χ3v) is 2.56. The Hall–Kier alpha value is -0.720. The van der Waals surface area contributed by atoms with Gasteiger partial charge in [-0.15, -0.1) is 0 Å². The van der Waals surface area contributed by atoms with Crippen LogP contribution in [0.1, 0.15) is 5.69 Å². The zero-order valence-corrected chi connectivity index (χ0v) is 8.98. The van der Waals surface area contributed by atoms with Crippen molar-refractivity contribution in [3.8, 4) is 0 Å². The van der Waals surface area contributed by atoms with Gasteiger partial charge >= 0.3 is 6.18 Å². The second-order valence-electron chi connectivity index (χ2n) is 2.91. The van der Waals surface area contributed by atoms with Gasteiger partial charge in [0, 0.05) is 14.5 Å². The van der Waals surface area contributed by atoms with Crippen LogP contribution in [0.2, 0.25) is 0 Å². The molecule has 1 aromatic carbocycles. The SMILES string of the molecule is FC(F)(F)c1cc2cc(I)ccc2[nH]1. The second kappa shape index (κ2) is 3.15. The zero-order chi connectivity index (χ0) is 10.3. The summed E-state index contributed by atoms with van der Waals surface area (Å²) in [7, 11) is 0.